The van der Waals surface area contributed by atoms with E-state index in [1.165, 1.54) is 0 Å². The number of nitrogens with zero attached hydrogens (tertiary/aromatic N) is 4. The van der Waals surface area contributed by atoms with Gasteiger partial charge in [-0.15, -0.1) is 0 Å². The average Bonchev–Trinajstić information content (AvgIpc) is 3.40. The summed E-state index contributed by atoms with van der Waals surface area (Å²) in [7, 11) is 0. The number of amidine groups is 1. The third kappa shape index (κ3) is 2.98. The van der Waals surface area contributed by atoms with Crippen LogP contribution in [0.25, 0.3) is 0 Å². The highest BCUT2D eigenvalue weighted by atomic mass is 32.2. The predicted octanol–water partition coefficient (Wildman–Crippen LogP) is 4.72. The second-order valence-electron chi connectivity index (χ2n) is 7.99. The molecule has 0 unspecified atom stereocenters. The summed E-state index contributed by atoms with van der Waals surface area (Å²) < 4.78 is 15.2. The minimum atomic E-state index is -0.115. The third-order valence-corrected chi connectivity index (χ3v) is 7.08. The number of pyridine rings is 1. The standard InChI is InChI=1S/C22H25FN4S/c1-14-11-19(26-9-5-6-10-26)17(23)12-16(14)21-20(18-7-3-4-8-24-18)25-22-27(21)13-15(2)28-22/h3-4,7-8,11-12,15,20-21H,5-6,9-10,13H2,1-2H3/t15-,20+,21+/m0/s1. The number of aryl methyl sites for hydroxylation is 1. The molecule has 3 aliphatic heterocycles. The summed E-state index contributed by atoms with van der Waals surface area (Å²) in [5.41, 5.74) is 3.86. The van der Waals surface area contributed by atoms with Gasteiger partial charge in [0, 0.05) is 31.1 Å². The van der Waals surface area contributed by atoms with E-state index >= 15 is 4.39 Å². The molecule has 1 aromatic carbocycles. The van der Waals surface area contributed by atoms with Gasteiger partial charge in [0.2, 0.25) is 0 Å². The molecule has 0 spiro atoms. The lowest BCUT2D eigenvalue weighted by atomic mass is 9.92. The molecule has 1 aromatic heterocycles. The van der Waals surface area contributed by atoms with E-state index in [4.69, 9.17) is 4.99 Å². The van der Waals surface area contributed by atoms with Crippen molar-refractivity contribution >= 4 is 22.6 Å². The van der Waals surface area contributed by atoms with Crippen LogP contribution < -0.4 is 4.90 Å². The van der Waals surface area contributed by atoms with Crippen LogP contribution in [0.1, 0.15) is 48.7 Å². The van der Waals surface area contributed by atoms with E-state index in [0.29, 0.717) is 5.25 Å². The highest BCUT2D eigenvalue weighted by molar-refractivity contribution is 8.14. The monoisotopic (exact) mass is 396 g/mol. The number of anilines is 1. The molecule has 0 amide bonds. The molecule has 6 heteroatoms. The zero-order chi connectivity index (χ0) is 19.3. The molecule has 28 heavy (non-hydrogen) atoms. The lowest BCUT2D eigenvalue weighted by molar-refractivity contribution is 0.319. The molecule has 4 nitrogen and oxygen atoms in total. The molecule has 4 heterocycles. The fraction of sp³-hybridized carbons (Fsp3) is 0.455. The summed E-state index contributed by atoms with van der Waals surface area (Å²) in [6.45, 7) is 7.16. The van der Waals surface area contributed by atoms with Gasteiger partial charge in [0.05, 0.1) is 17.4 Å². The molecule has 0 bridgehead atoms. The molecule has 2 saturated heterocycles. The van der Waals surface area contributed by atoms with Crippen molar-refractivity contribution in [3.05, 3.63) is 59.2 Å². The first kappa shape index (κ1) is 18.0. The summed E-state index contributed by atoms with van der Waals surface area (Å²) in [5, 5.41) is 1.57. The van der Waals surface area contributed by atoms with Gasteiger partial charge in [-0.3, -0.25) is 9.98 Å². The summed E-state index contributed by atoms with van der Waals surface area (Å²) in [6.07, 6.45) is 4.10. The van der Waals surface area contributed by atoms with E-state index in [2.05, 4.69) is 28.6 Å². The Bertz CT molecular complexity index is 910. The van der Waals surface area contributed by atoms with Gasteiger partial charge >= 0.3 is 0 Å². The zero-order valence-corrected chi connectivity index (χ0v) is 17.1. The van der Waals surface area contributed by atoms with Crippen LogP contribution in [0, 0.1) is 12.7 Å². The third-order valence-electron chi connectivity index (χ3n) is 5.98. The molecule has 3 atom stereocenters. The number of aliphatic imine (C=N–C) groups is 1. The SMILES string of the molecule is Cc1cc(N2CCCC2)c(F)cc1[C@@H]1[C@@H](c2ccccn2)N=C2S[C@@H](C)CN21. The fourth-order valence-corrected chi connectivity index (χ4v) is 5.75. The summed E-state index contributed by atoms with van der Waals surface area (Å²) in [5.74, 6) is -0.115. The molecular formula is C22H25FN4S. The number of fused-ring (bicyclic) bond motifs is 1. The Hall–Kier alpha value is -2.08. The molecular weight excluding hydrogens is 371 g/mol. The molecule has 0 saturated carbocycles. The zero-order valence-electron chi connectivity index (χ0n) is 16.3. The molecule has 0 N–H and O–H groups in total. The van der Waals surface area contributed by atoms with Crippen molar-refractivity contribution < 1.29 is 4.39 Å². The summed E-state index contributed by atoms with van der Waals surface area (Å²) in [4.78, 5) is 14.1. The lowest BCUT2D eigenvalue weighted by Gasteiger charge is -2.29. The van der Waals surface area contributed by atoms with Crippen LogP contribution in [0.2, 0.25) is 0 Å². The lowest BCUT2D eigenvalue weighted by Crippen LogP contribution is -2.29. The van der Waals surface area contributed by atoms with Crippen molar-refractivity contribution in [2.45, 2.75) is 44.0 Å². The Morgan fingerprint density at radius 1 is 1.18 bits per heavy atom. The van der Waals surface area contributed by atoms with Gasteiger partial charge < -0.3 is 9.80 Å². The van der Waals surface area contributed by atoms with Crippen molar-refractivity contribution in [1.82, 2.24) is 9.88 Å². The Balaban J connectivity index is 1.57. The second kappa shape index (κ2) is 7.07. The van der Waals surface area contributed by atoms with Crippen molar-refractivity contribution in [2.75, 3.05) is 24.5 Å². The van der Waals surface area contributed by atoms with Gasteiger partial charge in [0.1, 0.15) is 11.9 Å². The average molecular weight is 397 g/mol. The van der Waals surface area contributed by atoms with Crippen LogP contribution in [0.3, 0.4) is 0 Å². The predicted molar refractivity (Wildman–Crippen MR) is 113 cm³/mol. The number of halogens is 1. The van der Waals surface area contributed by atoms with E-state index < -0.39 is 0 Å². The Kier molecular flexibility index (Phi) is 4.54. The first-order valence-corrected chi connectivity index (χ1v) is 11.0. The van der Waals surface area contributed by atoms with Crippen molar-refractivity contribution in [3.8, 4) is 0 Å². The van der Waals surface area contributed by atoms with Crippen molar-refractivity contribution in [3.63, 3.8) is 0 Å². The van der Waals surface area contributed by atoms with Crippen LogP contribution in [-0.2, 0) is 0 Å². The Morgan fingerprint density at radius 2 is 2.00 bits per heavy atom. The minimum Gasteiger partial charge on any atom is -0.369 e. The highest BCUT2D eigenvalue weighted by Gasteiger charge is 2.44. The quantitative estimate of drug-likeness (QED) is 0.751. The van der Waals surface area contributed by atoms with E-state index in [0.717, 1.165) is 60.2 Å². The number of thioether (sulfide) groups is 1. The molecule has 0 aliphatic carbocycles. The van der Waals surface area contributed by atoms with E-state index in [1.807, 2.05) is 42.2 Å². The smallest absolute Gasteiger partial charge is 0.160 e. The number of aromatic nitrogens is 1. The molecule has 3 aliphatic rings. The molecule has 5 rings (SSSR count). The number of hydrogen-bond donors (Lipinski definition) is 0. The first-order valence-electron chi connectivity index (χ1n) is 10.1. The van der Waals surface area contributed by atoms with Gasteiger partial charge in [0.25, 0.3) is 0 Å². The van der Waals surface area contributed by atoms with Gasteiger partial charge in [-0.2, -0.15) is 0 Å². The van der Waals surface area contributed by atoms with Crippen molar-refractivity contribution in [2.24, 2.45) is 4.99 Å². The van der Waals surface area contributed by atoms with Crippen LogP contribution in [-0.4, -0.2) is 39.9 Å². The van der Waals surface area contributed by atoms with Gasteiger partial charge in [-0.25, -0.2) is 4.39 Å². The van der Waals surface area contributed by atoms with Gasteiger partial charge in [-0.1, -0.05) is 24.8 Å². The maximum absolute atomic E-state index is 15.2. The number of rotatable bonds is 3. The number of hydrogen-bond acceptors (Lipinski definition) is 5. The molecule has 146 valence electrons. The Morgan fingerprint density at radius 3 is 2.75 bits per heavy atom. The minimum absolute atomic E-state index is 0.00415. The molecule has 0 radical (unpaired) electrons. The van der Waals surface area contributed by atoms with Crippen LogP contribution in [0.4, 0.5) is 10.1 Å². The van der Waals surface area contributed by atoms with E-state index in [-0.39, 0.29) is 17.9 Å². The largest absolute Gasteiger partial charge is 0.369 e. The van der Waals surface area contributed by atoms with Gasteiger partial charge in [-0.05, 0) is 55.2 Å². The summed E-state index contributed by atoms with van der Waals surface area (Å²) in [6, 6.07) is 9.67. The van der Waals surface area contributed by atoms with Crippen LogP contribution in [0.5, 0.6) is 0 Å². The van der Waals surface area contributed by atoms with Crippen LogP contribution in [0.15, 0.2) is 41.5 Å². The normalized spacial score (nSPS) is 26.7. The van der Waals surface area contributed by atoms with E-state index in [9.17, 15) is 0 Å². The summed E-state index contributed by atoms with van der Waals surface area (Å²) >= 11 is 1.81. The first-order chi connectivity index (χ1) is 13.6. The molecule has 2 fully saturated rings. The van der Waals surface area contributed by atoms with Gasteiger partial charge in [0.15, 0.2) is 5.17 Å². The fourth-order valence-electron chi connectivity index (χ4n) is 4.65. The number of benzene rings is 1. The maximum Gasteiger partial charge on any atom is 0.160 e. The Labute approximate surface area is 169 Å². The highest BCUT2D eigenvalue weighted by Crippen LogP contribution is 2.48. The maximum atomic E-state index is 15.2. The second-order valence-corrected chi connectivity index (χ2v) is 9.40. The topological polar surface area (TPSA) is 31.7 Å². The van der Waals surface area contributed by atoms with Crippen LogP contribution >= 0.6 is 11.8 Å². The van der Waals surface area contributed by atoms with E-state index in [1.54, 1.807) is 6.07 Å². The van der Waals surface area contributed by atoms with Crippen molar-refractivity contribution in [1.29, 1.82) is 0 Å². The molecule has 2 aromatic rings.